The lowest BCUT2D eigenvalue weighted by molar-refractivity contribution is 0.293. The van der Waals surface area contributed by atoms with Crippen LogP contribution in [0, 0.1) is 6.92 Å². The fourth-order valence-electron chi connectivity index (χ4n) is 3.08. The van der Waals surface area contributed by atoms with Gasteiger partial charge in [-0.25, -0.2) is 14.8 Å². The minimum Gasteiger partial charge on any atom is -0.481 e. The molecule has 0 bridgehead atoms. The number of hydrogen-bond acceptors (Lipinski definition) is 7. The Morgan fingerprint density at radius 1 is 1.03 bits per heavy atom. The predicted molar refractivity (Wildman–Crippen MR) is 110 cm³/mol. The number of aryl methyl sites for hydroxylation is 2. The monoisotopic (exact) mass is 404 g/mol. The molecule has 3 aromatic heterocycles. The molecule has 0 aliphatic carbocycles. The Bertz CT molecular complexity index is 1250. The van der Waals surface area contributed by atoms with Crippen molar-refractivity contribution in [3.8, 4) is 28.7 Å². The van der Waals surface area contributed by atoms with Crippen molar-refractivity contribution in [1.82, 2.24) is 29.8 Å². The molecule has 9 nitrogen and oxygen atoms in total. The van der Waals surface area contributed by atoms with E-state index in [9.17, 15) is 4.79 Å². The maximum Gasteiger partial charge on any atom is 0.368 e. The molecule has 152 valence electrons. The van der Waals surface area contributed by atoms with Crippen LogP contribution >= 0.6 is 0 Å². The summed E-state index contributed by atoms with van der Waals surface area (Å²) >= 11 is 0. The molecule has 0 saturated heterocycles. The van der Waals surface area contributed by atoms with Crippen molar-refractivity contribution in [2.45, 2.75) is 13.5 Å². The minimum absolute atomic E-state index is 0.214. The van der Waals surface area contributed by atoms with Crippen molar-refractivity contribution in [3.05, 3.63) is 76.3 Å². The quantitative estimate of drug-likeness (QED) is 0.486. The van der Waals surface area contributed by atoms with E-state index < -0.39 is 0 Å². The van der Waals surface area contributed by atoms with E-state index in [0.717, 1.165) is 16.7 Å². The van der Waals surface area contributed by atoms with Gasteiger partial charge >= 0.3 is 5.69 Å². The molecule has 4 rings (SSSR count). The molecule has 0 atom stereocenters. The van der Waals surface area contributed by atoms with Gasteiger partial charge in [0.15, 0.2) is 0 Å². The highest BCUT2D eigenvalue weighted by Crippen LogP contribution is 2.27. The highest BCUT2D eigenvalue weighted by molar-refractivity contribution is 5.65. The first-order valence-electron chi connectivity index (χ1n) is 9.25. The Balaban J connectivity index is 1.64. The van der Waals surface area contributed by atoms with Crippen LogP contribution < -0.4 is 15.2 Å². The van der Waals surface area contributed by atoms with Crippen molar-refractivity contribution < 1.29 is 9.47 Å². The van der Waals surface area contributed by atoms with Gasteiger partial charge in [0.1, 0.15) is 6.61 Å². The summed E-state index contributed by atoms with van der Waals surface area (Å²) in [6, 6.07) is 14.8. The first-order chi connectivity index (χ1) is 14.6. The zero-order valence-corrected chi connectivity index (χ0v) is 16.8. The van der Waals surface area contributed by atoms with Crippen molar-refractivity contribution in [3.63, 3.8) is 0 Å². The van der Waals surface area contributed by atoms with E-state index in [0.29, 0.717) is 23.1 Å². The second-order valence-corrected chi connectivity index (χ2v) is 6.58. The number of benzene rings is 1. The van der Waals surface area contributed by atoms with E-state index >= 15 is 0 Å². The van der Waals surface area contributed by atoms with Crippen LogP contribution in [0.5, 0.6) is 11.8 Å². The Labute approximate surface area is 172 Å². The molecule has 9 heteroatoms. The molecule has 0 aliphatic rings. The number of pyridine rings is 2. The van der Waals surface area contributed by atoms with Crippen LogP contribution in [0.3, 0.4) is 0 Å². The smallest absolute Gasteiger partial charge is 0.368 e. The number of tetrazole rings is 1. The van der Waals surface area contributed by atoms with E-state index in [1.165, 1.54) is 9.36 Å². The zero-order chi connectivity index (χ0) is 21.1. The third kappa shape index (κ3) is 3.64. The first-order valence-corrected chi connectivity index (χ1v) is 9.25. The maximum absolute atomic E-state index is 12.3. The molecule has 3 heterocycles. The van der Waals surface area contributed by atoms with Crippen molar-refractivity contribution in [2.24, 2.45) is 7.05 Å². The molecule has 30 heavy (non-hydrogen) atoms. The normalized spacial score (nSPS) is 10.8. The van der Waals surface area contributed by atoms with Crippen molar-refractivity contribution >= 4 is 0 Å². The highest BCUT2D eigenvalue weighted by Gasteiger charge is 2.14. The average Bonchev–Trinajstić information content (AvgIpc) is 3.11. The van der Waals surface area contributed by atoms with Crippen LogP contribution in [0.1, 0.15) is 11.1 Å². The maximum atomic E-state index is 12.3. The van der Waals surface area contributed by atoms with Crippen LogP contribution in [0.15, 0.2) is 59.5 Å². The van der Waals surface area contributed by atoms with Crippen LogP contribution in [-0.2, 0) is 13.7 Å². The van der Waals surface area contributed by atoms with Gasteiger partial charge in [0.2, 0.25) is 11.8 Å². The summed E-state index contributed by atoms with van der Waals surface area (Å²) in [6.07, 6.45) is 1.66. The summed E-state index contributed by atoms with van der Waals surface area (Å²) in [5, 5.41) is 7.73. The fourth-order valence-corrected chi connectivity index (χ4v) is 3.08. The summed E-state index contributed by atoms with van der Waals surface area (Å²) in [7, 11) is 3.13. The van der Waals surface area contributed by atoms with Gasteiger partial charge in [0.25, 0.3) is 0 Å². The summed E-state index contributed by atoms with van der Waals surface area (Å²) in [4.78, 5) is 21.1. The second kappa shape index (κ2) is 8.16. The standard InChI is InChI=1S/C21H20N6O3/c1-14-7-4-10-18(27-21(28)26(2)24-25-27)16(14)13-30-19-11-5-9-17(23-19)15-8-6-12-22-20(15)29-3/h4-12H,13H2,1-3H3. The molecular formula is C21H20N6O3. The molecule has 1 aromatic carbocycles. The van der Waals surface area contributed by atoms with Gasteiger partial charge in [0.05, 0.1) is 24.1 Å². The molecule has 4 aromatic rings. The Morgan fingerprint density at radius 2 is 1.87 bits per heavy atom. The molecular weight excluding hydrogens is 384 g/mol. The summed E-state index contributed by atoms with van der Waals surface area (Å²) in [6.45, 7) is 2.17. The molecule has 0 fully saturated rings. The van der Waals surface area contributed by atoms with Gasteiger partial charge in [-0.15, -0.1) is 0 Å². The van der Waals surface area contributed by atoms with Crippen LogP contribution in [0.2, 0.25) is 0 Å². The highest BCUT2D eigenvalue weighted by atomic mass is 16.5. The molecule has 0 spiro atoms. The topological polar surface area (TPSA) is 97.0 Å². The molecule has 0 N–H and O–H groups in total. The Hall–Kier alpha value is -4.01. The molecule has 0 amide bonds. The molecule has 0 saturated carbocycles. The third-order valence-electron chi connectivity index (χ3n) is 4.66. The lowest BCUT2D eigenvalue weighted by atomic mass is 10.1. The largest absolute Gasteiger partial charge is 0.481 e. The third-order valence-corrected chi connectivity index (χ3v) is 4.66. The van der Waals surface area contributed by atoms with Crippen LogP contribution in [-0.4, -0.2) is 36.9 Å². The summed E-state index contributed by atoms with van der Waals surface area (Å²) < 4.78 is 13.7. The number of methoxy groups -OCH3 is 1. The molecule has 0 aliphatic heterocycles. The van der Waals surface area contributed by atoms with Crippen LogP contribution in [0.25, 0.3) is 16.9 Å². The first kappa shape index (κ1) is 19.3. The molecule has 0 radical (unpaired) electrons. The predicted octanol–water partition coefficient (Wildman–Crippen LogP) is 2.32. The van der Waals surface area contributed by atoms with Gasteiger partial charge in [0, 0.05) is 24.9 Å². The van der Waals surface area contributed by atoms with Gasteiger partial charge in [-0.05, 0) is 47.2 Å². The average molecular weight is 404 g/mol. The van der Waals surface area contributed by atoms with Gasteiger partial charge in [-0.2, -0.15) is 9.36 Å². The van der Waals surface area contributed by atoms with Crippen LogP contribution in [0.4, 0.5) is 0 Å². The lowest BCUT2D eigenvalue weighted by Crippen LogP contribution is -2.23. The van der Waals surface area contributed by atoms with Crippen molar-refractivity contribution in [2.75, 3.05) is 7.11 Å². The van der Waals surface area contributed by atoms with E-state index in [1.54, 1.807) is 26.4 Å². The number of ether oxygens (including phenoxy) is 2. The summed E-state index contributed by atoms with van der Waals surface area (Å²) in [5.41, 5.74) is 3.55. The minimum atomic E-state index is -0.328. The number of aromatic nitrogens is 6. The van der Waals surface area contributed by atoms with Gasteiger partial charge in [-0.3, -0.25) is 0 Å². The molecule has 0 unspecified atom stereocenters. The Kier molecular flexibility index (Phi) is 5.25. The van der Waals surface area contributed by atoms with E-state index in [2.05, 4.69) is 20.4 Å². The SMILES string of the molecule is COc1ncccc1-c1cccc(OCc2c(C)cccc2-n2nnn(C)c2=O)n1. The zero-order valence-electron chi connectivity index (χ0n) is 16.8. The van der Waals surface area contributed by atoms with Gasteiger partial charge < -0.3 is 9.47 Å². The number of nitrogens with zero attached hydrogens (tertiary/aromatic N) is 6. The second-order valence-electron chi connectivity index (χ2n) is 6.58. The van der Waals surface area contributed by atoms with Gasteiger partial charge in [-0.1, -0.05) is 18.2 Å². The van der Waals surface area contributed by atoms with Crippen molar-refractivity contribution in [1.29, 1.82) is 0 Å². The Morgan fingerprint density at radius 3 is 2.63 bits per heavy atom. The lowest BCUT2D eigenvalue weighted by Gasteiger charge is -2.13. The number of rotatable bonds is 6. The van der Waals surface area contributed by atoms with E-state index in [1.807, 2.05) is 49.4 Å². The fraction of sp³-hybridized carbons (Fsp3) is 0.190. The number of hydrogen-bond donors (Lipinski definition) is 0. The summed E-state index contributed by atoms with van der Waals surface area (Å²) in [5.74, 6) is 0.935. The van der Waals surface area contributed by atoms with E-state index in [-0.39, 0.29) is 12.3 Å². The van der Waals surface area contributed by atoms with E-state index in [4.69, 9.17) is 9.47 Å².